The van der Waals surface area contributed by atoms with Gasteiger partial charge in [0.1, 0.15) is 0 Å². The minimum absolute atomic E-state index is 0.504. The number of hydrogen-bond acceptors (Lipinski definition) is 0. The van der Waals surface area contributed by atoms with E-state index in [2.05, 4.69) is 194 Å². The quantitative estimate of drug-likeness (QED) is 0.172. The van der Waals surface area contributed by atoms with Crippen LogP contribution in [0.15, 0.2) is 194 Å². The first kappa shape index (κ1) is 27.8. The van der Waals surface area contributed by atoms with E-state index in [1.165, 1.54) is 88.0 Å². The third-order valence-corrected chi connectivity index (χ3v) is 10.7. The van der Waals surface area contributed by atoms with E-state index in [0.29, 0.717) is 0 Å². The minimum atomic E-state index is -0.504. The molecule has 0 fully saturated rings. The molecule has 1 aliphatic rings. The molecular formula is C49H32. The van der Waals surface area contributed by atoms with Crippen molar-refractivity contribution in [1.82, 2.24) is 0 Å². The van der Waals surface area contributed by atoms with Crippen LogP contribution >= 0.6 is 0 Å². The Morgan fingerprint density at radius 3 is 1.51 bits per heavy atom. The summed E-state index contributed by atoms with van der Waals surface area (Å²) in [6.07, 6.45) is 0. The first-order valence-electron chi connectivity index (χ1n) is 17.1. The SMILES string of the molecule is c1ccc(C2(c3ccccc3)c3cc(-c4ccc(-c5cccc6ccccc56)cc4)ccc3-c3c2c2ccccc2c2ccccc32)cc1. The normalized spacial score (nSPS) is 13.1. The fourth-order valence-corrected chi connectivity index (χ4v) is 8.66. The average molecular weight is 621 g/mol. The lowest BCUT2D eigenvalue weighted by Crippen LogP contribution is -2.29. The third-order valence-electron chi connectivity index (χ3n) is 10.7. The van der Waals surface area contributed by atoms with E-state index in [-0.39, 0.29) is 0 Å². The van der Waals surface area contributed by atoms with Crippen LogP contribution in [0.5, 0.6) is 0 Å². The molecule has 0 amide bonds. The Bertz CT molecular complexity index is 2640. The summed E-state index contributed by atoms with van der Waals surface area (Å²) in [5.41, 5.74) is 12.3. The van der Waals surface area contributed by atoms with Gasteiger partial charge in [0.05, 0.1) is 5.41 Å². The zero-order chi connectivity index (χ0) is 32.4. The van der Waals surface area contributed by atoms with E-state index >= 15 is 0 Å². The van der Waals surface area contributed by atoms with E-state index in [9.17, 15) is 0 Å². The van der Waals surface area contributed by atoms with Gasteiger partial charge in [-0.05, 0) is 94.0 Å². The molecule has 49 heavy (non-hydrogen) atoms. The Morgan fingerprint density at radius 1 is 0.306 bits per heavy atom. The second-order valence-corrected chi connectivity index (χ2v) is 13.2. The average Bonchev–Trinajstić information content (AvgIpc) is 3.50. The van der Waals surface area contributed by atoms with Crippen molar-refractivity contribution in [3.05, 3.63) is 216 Å². The summed E-state index contributed by atoms with van der Waals surface area (Å²) in [7, 11) is 0. The summed E-state index contributed by atoms with van der Waals surface area (Å²) in [6, 6.07) is 71.8. The lowest BCUT2D eigenvalue weighted by atomic mass is 9.66. The highest BCUT2D eigenvalue weighted by Gasteiger charge is 2.48. The van der Waals surface area contributed by atoms with Crippen LogP contribution in [-0.4, -0.2) is 0 Å². The molecule has 228 valence electrons. The molecule has 9 aromatic rings. The Morgan fingerprint density at radius 2 is 0.816 bits per heavy atom. The van der Waals surface area contributed by atoms with E-state index in [1.54, 1.807) is 0 Å². The lowest BCUT2D eigenvalue weighted by molar-refractivity contribution is 0.776. The van der Waals surface area contributed by atoms with Gasteiger partial charge < -0.3 is 0 Å². The molecule has 1 aliphatic carbocycles. The molecule has 0 aliphatic heterocycles. The number of rotatable bonds is 4. The van der Waals surface area contributed by atoms with Gasteiger partial charge in [0.25, 0.3) is 0 Å². The molecule has 0 radical (unpaired) electrons. The van der Waals surface area contributed by atoms with Gasteiger partial charge in [-0.15, -0.1) is 0 Å². The smallest absolute Gasteiger partial charge is 0.0622 e. The summed E-state index contributed by atoms with van der Waals surface area (Å²) in [5.74, 6) is 0. The van der Waals surface area contributed by atoms with Crippen molar-refractivity contribution in [2.24, 2.45) is 0 Å². The van der Waals surface area contributed by atoms with E-state index in [0.717, 1.165) is 0 Å². The Balaban J connectivity index is 1.26. The summed E-state index contributed by atoms with van der Waals surface area (Å²) >= 11 is 0. The van der Waals surface area contributed by atoms with Crippen LogP contribution in [0.2, 0.25) is 0 Å². The molecule has 0 saturated heterocycles. The molecule has 0 spiro atoms. The summed E-state index contributed by atoms with van der Waals surface area (Å²) in [4.78, 5) is 0. The summed E-state index contributed by atoms with van der Waals surface area (Å²) in [5, 5.41) is 7.75. The van der Waals surface area contributed by atoms with Crippen molar-refractivity contribution in [1.29, 1.82) is 0 Å². The third kappa shape index (κ3) is 4.04. The molecule has 0 nitrogen and oxygen atoms in total. The molecule has 0 heterocycles. The maximum atomic E-state index is 2.48. The maximum Gasteiger partial charge on any atom is 0.0720 e. The maximum absolute atomic E-state index is 2.48. The topological polar surface area (TPSA) is 0 Å². The van der Waals surface area contributed by atoms with Crippen LogP contribution < -0.4 is 0 Å². The van der Waals surface area contributed by atoms with Crippen molar-refractivity contribution < 1.29 is 0 Å². The van der Waals surface area contributed by atoms with Gasteiger partial charge in [-0.25, -0.2) is 0 Å². The second-order valence-electron chi connectivity index (χ2n) is 13.2. The van der Waals surface area contributed by atoms with Crippen LogP contribution in [0.25, 0.3) is 65.7 Å². The molecule has 10 rings (SSSR count). The predicted octanol–water partition coefficient (Wildman–Crippen LogP) is 12.8. The van der Waals surface area contributed by atoms with Crippen molar-refractivity contribution >= 4 is 32.3 Å². The van der Waals surface area contributed by atoms with Crippen molar-refractivity contribution in [2.45, 2.75) is 5.41 Å². The zero-order valence-electron chi connectivity index (χ0n) is 27.0. The molecule has 0 N–H and O–H groups in total. The van der Waals surface area contributed by atoms with Gasteiger partial charge >= 0.3 is 0 Å². The van der Waals surface area contributed by atoms with Crippen LogP contribution in [0.1, 0.15) is 22.3 Å². The highest BCUT2D eigenvalue weighted by atomic mass is 14.5. The molecule has 0 saturated carbocycles. The first-order chi connectivity index (χ1) is 24.3. The van der Waals surface area contributed by atoms with Gasteiger partial charge in [0.15, 0.2) is 0 Å². The monoisotopic (exact) mass is 620 g/mol. The Hall–Kier alpha value is -6.24. The van der Waals surface area contributed by atoms with Gasteiger partial charge in [-0.1, -0.05) is 188 Å². The molecule has 0 heteroatoms. The Labute approximate surface area is 286 Å². The first-order valence-corrected chi connectivity index (χ1v) is 17.1. The zero-order valence-corrected chi connectivity index (χ0v) is 27.0. The van der Waals surface area contributed by atoms with E-state index < -0.39 is 5.41 Å². The highest BCUT2D eigenvalue weighted by molar-refractivity contribution is 6.19. The number of fused-ring (bicyclic) bond motifs is 9. The van der Waals surface area contributed by atoms with E-state index in [1.807, 2.05) is 0 Å². The molecule has 9 aromatic carbocycles. The molecular weight excluding hydrogens is 589 g/mol. The van der Waals surface area contributed by atoms with E-state index in [4.69, 9.17) is 0 Å². The van der Waals surface area contributed by atoms with Crippen LogP contribution in [0, 0.1) is 0 Å². The molecule has 0 aromatic heterocycles. The highest BCUT2D eigenvalue weighted by Crippen LogP contribution is 2.60. The fourth-order valence-electron chi connectivity index (χ4n) is 8.66. The van der Waals surface area contributed by atoms with Gasteiger partial charge in [0.2, 0.25) is 0 Å². The second kappa shape index (κ2) is 10.9. The molecule has 0 unspecified atom stereocenters. The minimum Gasteiger partial charge on any atom is -0.0622 e. The van der Waals surface area contributed by atoms with Gasteiger partial charge in [-0.2, -0.15) is 0 Å². The standard InChI is InChI=1S/C49H32/c1-3-16-37(17-4-1)49(38-18-5-2-6-19-38)46-32-36(33-26-28-35(29-27-33)40-25-13-15-34-14-7-8-20-39(34)40)30-31-45(46)47-43-23-11-9-21-41(43)42-22-10-12-24-44(42)48(47)49/h1-32H. The van der Waals surface area contributed by atoms with Crippen LogP contribution in [-0.2, 0) is 5.41 Å². The van der Waals surface area contributed by atoms with Crippen molar-refractivity contribution in [2.75, 3.05) is 0 Å². The number of benzene rings is 9. The van der Waals surface area contributed by atoms with Gasteiger partial charge in [0, 0.05) is 0 Å². The summed E-state index contributed by atoms with van der Waals surface area (Å²) < 4.78 is 0. The van der Waals surface area contributed by atoms with Crippen molar-refractivity contribution in [3.8, 4) is 33.4 Å². The van der Waals surface area contributed by atoms with Gasteiger partial charge in [-0.3, -0.25) is 0 Å². The predicted molar refractivity (Wildman–Crippen MR) is 207 cm³/mol. The molecule has 0 bridgehead atoms. The van der Waals surface area contributed by atoms with Crippen molar-refractivity contribution in [3.63, 3.8) is 0 Å². The van der Waals surface area contributed by atoms with Crippen LogP contribution in [0.3, 0.4) is 0 Å². The largest absolute Gasteiger partial charge is 0.0720 e. The lowest BCUT2D eigenvalue weighted by Gasteiger charge is -2.35. The fraction of sp³-hybridized carbons (Fsp3) is 0.0204. The number of hydrogen-bond donors (Lipinski definition) is 0. The Kier molecular flexibility index (Phi) is 6.19. The van der Waals surface area contributed by atoms with Crippen LogP contribution in [0.4, 0.5) is 0 Å². The summed E-state index contributed by atoms with van der Waals surface area (Å²) in [6.45, 7) is 0. The molecule has 0 atom stereocenters.